The minimum Gasteiger partial charge on any atom is -0.409 e. The van der Waals surface area contributed by atoms with Gasteiger partial charge in [0, 0.05) is 12.1 Å². The van der Waals surface area contributed by atoms with Gasteiger partial charge in [0.05, 0.1) is 0 Å². The first-order valence-corrected chi connectivity index (χ1v) is 6.61. The van der Waals surface area contributed by atoms with Crippen LogP contribution in [0.3, 0.4) is 0 Å². The van der Waals surface area contributed by atoms with E-state index in [-0.39, 0.29) is 17.9 Å². The molecule has 1 amide bonds. The molecule has 0 aliphatic heterocycles. The third-order valence-electron chi connectivity index (χ3n) is 3.69. The standard InChI is InChI=1S/C14H19F2N3O2/c1-3-14(4-2,12(17)19-21)13(20)18-8-9-7-10(15)5-6-11(9)16/h5-7,21H,3-4,8H2,1-2H3,(H2,17,19)(H,18,20). The molecule has 0 aliphatic carbocycles. The summed E-state index contributed by atoms with van der Waals surface area (Å²) in [5, 5.41) is 14.2. The maximum absolute atomic E-state index is 13.5. The van der Waals surface area contributed by atoms with Crippen LogP contribution in [0, 0.1) is 17.0 Å². The number of amides is 1. The van der Waals surface area contributed by atoms with Crippen LogP contribution in [0.5, 0.6) is 0 Å². The number of halogens is 2. The van der Waals surface area contributed by atoms with Crippen molar-refractivity contribution < 1.29 is 18.8 Å². The van der Waals surface area contributed by atoms with Gasteiger partial charge in [-0.2, -0.15) is 0 Å². The molecule has 0 radical (unpaired) electrons. The SMILES string of the molecule is CCC(CC)(C(=O)NCc1cc(F)ccc1F)C(N)=NO. The molecule has 0 saturated carbocycles. The van der Waals surface area contributed by atoms with Gasteiger partial charge in [0.25, 0.3) is 0 Å². The number of carbonyl (C=O) groups excluding carboxylic acids is 1. The number of rotatable bonds is 6. The highest BCUT2D eigenvalue weighted by Gasteiger charge is 2.39. The lowest BCUT2D eigenvalue weighted by Crippen LogP contribution is -2.49. The average Bonchev–Trinajstić information content (AvgIpc) is 2.49. The summed E-state index contributed by atoms with van der Waals surface area (Å²) in [5.41, 5.74) is 4.47. The van der Waals surface area contributed by atoms with E-state index < -0.39 is 23.0 Å². The molecular formula is C14H19F2N3O2. The number of benzene rings is 1. The van der Waals surface area contributed by atoms with E-state index in [1.807, 2.05) is 0 Å². The zero-order valence-corrected chi connectivity index (χ0v) is 12.0. The molecule has 7 heteroatoms. The van der Waals surface area contributed by atoms with E-state index in [9.17, 15) is 13.6 Å². The number of nitrogens with zero attached hydrogens (tertiary/aromatic N) is 1. The molecule has 4 N–H and O–H groups in total. The van der Waals surface area contributed by atoms with Crippen molar-refractivity contribution >= 4 is 11.7 Å². The van der Waals surface area contributed by atoms with E-state index >= 15 is 0 Å². The first-order chi connectivity index (χ1) is 9.91. The van der Waals surface area contributed by atoms with Crippen LogP contribution >= 0.6 is 0 Å². The first-order valence-electron chi connectivity index (χ1n) is 6.61. The summed E-state index contributed by atoms with van der Waals surface area (Å²) in [4.78, 5) is 12.3. The third-order valence-corrected chi connectivity index (χ3v) is 3.69. The molecule has 0 saturated heterocycles. The van der Waals surface area contributed by atoms with E-state index in [0.717, 1.165) is 18.2 Å². The van der Waals surface area contributed by atoms with Crippen molar-refractivity contribution in [2.75, 3.05) is 0 Å². The molecule has 0 fully saturated rings. The molecule has 1 aromatic carbocycles. The second kappa shape index (κ2) is 7.01. The van der Waals surface area contributed by atoms with Gasteiger partial charge in [-0.05, 0) is 31.0 Å². The van der Waals surface area contributed by atoms with Gasteiger partial charge in [0.15, 0.2) is 5.84 Å². The number of nitrogens with two attached hydrogens (primary N) is 1. The van der Waals surface area contributed by atoms with Gasteiger partial charge >= 0.3 is 0 Å². The summed E-state index contributed by atoms with van der Waals surface area (Å²) < 4.78 is 26.6. The molecule has 1 aromatic rings. The Morgan fingerprint density at radius 3 is 2.52 bits per heavy atom. The number of oxime groups is 1. The van der Waals surface area contributed by atoms with Gasteiger partial charge in [-0.1, -0.05) is 19.0 Å². The second-order valence-electron chi connectivity index (χ2n) is 4.69. The Labute approximate surface area is 121 Å². The lowest BCUT2D eigenvalue weighted by molar-refractivity contribution is -0.128. The molecule has 0 bridgehead atoms. The van der Waals surface area contributed by atoms with Crippen molar-refractivity contribution in [3.8, 4) is 0 Å². The Morgan fingerprint density at radius 2 is 2.00 bits per heavy atom. The van der Waals surface area contributed by atoms with Crippen molar-refractivity contribution in [3.05, 3.63) is 35.4 Å². The molecule has 0 spiro atoms. The smallest absolute Gasteiger partial charge is 0.234 e. The van der Waals surface area contributed by atoms with Crippen LogP contribution in [-0.4, -0.2) is 17.0 Å². The number of amidine groups is 1. The van der Waals surface area contributed by atoms with E-state index in [0.29, 0.717) is 12.8 Å². The molecule has 0 heterocycles. The van der Waals surface area contributed by atoms with Crippen molar-refractivity contribution in [1.29, 1.82) is 0 Å². The number of nitrogens with one attached hydrogen (secondary N) is 1. The molecule has 0 aliphatic rings. The lowest BCUT2D eigenvalue weighted by Gasteiger charge is -2.28. The van der Waals surface area contributed by atoms with E-state index in [1.165, 1.54) is 0 Å². The molecule has 5 nitrogen and oxygen atoms in total. The summed E-state index contributed by atoms with van der Waals surface area (Å²) in [6, 6.07) is 3.01. The average molecular weight is 299 g/mol. The maximum atomic E-state index is 13.5. The second-order valence-corrected chi connectivity index (χ2v) is 4.69. The Morgan fingerprint density at radius 1 is 1.38 bits per heavy atom. The van der Waals surface area contributed by atoms with E-state index in [4.69, 9.17) is 10.9 Å². The highest BCUT2D eigenvalue weighted by molar-refractivity contribution is 6.06. The summed E-state index contributed by atoms with van der Waals surface area (Å²) in [5.74, 6) is -1.90. The van der Waals surface area contributed by atoms with Crippen LogP contribution in [0.2, 0.25) is 0 Å². The largest absolute Gasteiger partial charge is 0.409 e. The zero-order valence-electron chi connectivity index (χ0n) is 12.0. The summed E-state index contributed by atoms with van der Waals surface area (Å²) in [6.45, 7) is 3.27. The van der Waals surface area contributed by atoms with Crippen molar-refractivity contribution in [3.63, 3.8) is 0 Å². The Balaban J connectivity index is 2.91. The minimum absolute atomic E-state index is 0.0314. The van der Waals surface area contributed by atoms with Gasteiger partial charge in [-0.25, -0.2) is 8.78 Å². The minimum atomic E-state index is -1.17. The number of hydrogen-bond acceptors (Lipinski definition) is 3. The Kier molecular flexibility index (Phi) is 5.63. The van der Waals surface area contributed by atoms with Crippen LogP contribution in [-0.2, 0) is 11.3 Å². The number of hydrogen-bond donors (Lipinski definition) is 3. The molecule has 21 heavy (non-hydrogen) atoms. The molecule has 0 atom stereocenters. The predicted octanol–water partition coefficient (Wildman–Crippen LogP) is 2.13. The monoisotopic (exact) mass is 299 g/mol. The van der Waals surface area contributed by atoms with Crippen LogP contribution in [0.25, 0.3) is 0 Å². The summed E-state index contributed by atoms with van der Waals surface area (Å²) in [7, 11) is 0. The van der Waals surface area contributed by atoms with Gasteiger partial charge in [0.1, 0.15) is 17.0 Å². The van der Waals surface area contributed by atoms with Gasteiger partial charge in [-0.3, -0.25) is 4.79 Å². The van der Waals surface area contributed by atoms with Crippen LogP contribution in [0.4, 0.5) is 8.78 Å². The number of carbonyl (C=O) groups is 1. The van der Waals surface area contributed by atoms with Crippen LogP contribution in [0.15, 0.2) is 23.4 Å². The molecular weight excluding hydrogens is 280 g/mol. The molecule has 0 aromatic heterocycles. The van der Waals surface area contributed by atoms with E-state index in [2.05, 4.69) is 10.5 Å². The quantitative estimate of drug-likeness (QED) is 0.325. The normalized spacial score (nSPS) is 12.3. The van der Waals surface area contributed by atoms with Gasteiger partial charge in [0.2, 0.25) is 5.91 Å². The highest BCUT2D eigenvalue weighted by atomic mass is 19.1. The Hall–Kier alpha value is -2.18. The summed E-state index contributed by atoms with van der Waals surface area (Å²) in [6.07, 6.45) is 0.633. The Bertz CT molecular complexity index is 543. The third kappa shape index (κ3) is 3.48. The molecule has 116 valence electrons. The zero-order chi connectivity index (χ0) is 16.0. The maximum Gasteiger partial charge on any atom is 0.234 e. The molecule has 0 unspecified atom stereocenters. The van der Waals surface area contributed by atoms with Crippen molar-refractivity contribution in [1.82, 2.24) is 5.32 Å². The topological polar surface area (TPSA) is 87.7 Å². The van der Waals surface area contributed by atoms with E-state index in [1.54, 1.807) is 13.8 Å². The van der Waals surface area contributed by atoms with Gasteiger partial charge in [-0.15, -0.1) is 0 Å². The lowest BCUT2D eigenvalue weighted by atomic mass is 9.80. The first kappa shape index (κ1) is 16.9. The fraction of sp³-hybridized carbons (Fsp3) is 0.429. The van der Waals surface area contributed by atoms with Crippen molar-refractivity contribution in [2.24, 2.45) is 16.3 Å². The highest BCUT2D eigenvalue weighted by Crippen LogP contribution is 2.27. The molecule has 1 rings (SSSR count). The fourth-order valence-corrected chi connectivity index (χ4v) is 2.17. The predicted molar refractivity (Wildman–Crippen MR) is 74.6 cm³/mol. The van der Waals surface area contributed by atoms with Crippen LogP contribution in [0.1, 0.15) is 32.3 Å². The van der Waals surface area contributed by atoms with Crippen molar-refractivity contribution in [2.45, 2.75) is 33.2 Å². The summed E-state index contributed by atoms with van der Waals surface area (Å²) >= 11 is 0. The fourth-order valence-electron chi connectivity index (χ4n) is 2.17. The van der Waals surface area contributed by atoms with Gasteiger partial charge < -0.3 is 16.3 Å². The van der Waals surface area contributed by atoms with Crippen LogP contribution < -0.4 is 11.1 Å².